The molecule has 0 amide bonds. The second-order valence-corrected chi connectivity index (χ2v) is 9.69. The maximum Gasteiger partial charge on any atom is 1.00 e. The molecule has 0 aliphatic carbocycles. The van der Waals surface area contributed by atoms with Gasteiger partial charge in [-0.15, -0.1) is 0 Å². The third-order valence-electron chi connectivity index (χ3n) is 2.84. The Hall–Kier alpha value is 0.590. The van der Waals surface area contributed by atoms with Crippen molar-refractivity contribution in [3.8, 4) is 5.75 Å². The molecular weight excluding hydrogens is 501 g/mol. The zero-order valence-corrected chi connectivity index (χ0v) is 22.1. The van der Waals surface area contributed by atoms with Gasteiger partial charge in [-0.25, -0.2) is 16.8 Å². The summed E-state index contributed by atoms with van der Waals surface area (Å²) in [5.41, 5.74) is 0. The summed E-state index contributed by atoms with van der Waals surface area (Å²) >= 11 is 11.1. The summed E-state index contributed by atoms with van der Waals surface area (Å²) in [5, 5.41) is -0.943. The minimum absolute atomic E-state index is 0. The predicted molar refractivity (Wildman–Crippen MR) is 86.6 cm³/mol. The first-order chi connectivity index (χ1) is 11.7. The minimum Gasteiger partial charge on any atom is -0.744 e. The van der Waals surface area contributed by atoms with Crippen LogP contribution in [0.25, 0.3) is 0 Å². The van der Waals surface area contributed by atoms with Crippen molar-refractivity contribution >= 4 is 53.6 Å². The molecule has 9 nitrogen and oxygen atoms in total. The van der Waals surface area contributed by atoms with Crippen LogP contribution in [0.15, 0.2) is 51.1 Å². The number of benzene rings is 2. The van der Waals surface area contributed by atoms with Crippen molar-refractivity contribution in [2.45, 2.75) is 14.7 Å². The molecule has 0 spiro atoms. The van der Waals surface area contributed by atoms with Crippen LogP contribution in [0.2, 0.25) is 10.0 Å². The first-order valence-corrected chi connectivity index (χ1v) is 11.2. The zero-order valence-electron chi connectivity index (χ0n) is 14.1. The standard InChI is InChI=1S/C12H8Cl2O9S3.2Na/c13-9-3-1-7(5-11(9)24(15,16)17)23-26(21,22)8-2-4-10(14)12(6-8)25(18,19)20;;/h1-6H,(H,15,16,17)(H,18,19,20);;/q;2*+1/p-2. The topological polar surface area (TPSA) is 158 Å². The third-order valence-corrected chi connectivity index (χ3v) is 6.72. The van der Waals surface area contributed by atoms with Gasteiger partial charge in [-0.05, 0) is 30.3 Å². The third kappa shape index (κ3) is 7.08. The summed E-state index contributed by atoms with van der Waals surface area (Å²) in [6.45, 7) is 0. The molecule has 0 aliphatic rings. The van der Waals surface area contributed by atoms with Crippen LogP contribution in [-0.2, 0) is 30.4 Å². The molecule has 2 rings (SSSR count). The average molecular weight is 507 g/mol. The Balaban J connectivity index is 0.00000364. The van der Waals surface area contributed by atoms with Gasteiger partial charge in [0.15, 0.2) is 0 Å². The largest absolute Gasteiger partial charge is 1.00 e. The van der Waals surface area contributed by atoms with E-state index in [0.717, 1.165) is 24.3 Å². The molecule has 0 fully saturated rings. The van der Waals surface area contributed by atoms with Crippen molar-refractivity contribution < 1.29 is 97.7 Å². The van der Waals surface area contributed by atoms with Crippen LogP contribution in [0.5, 0.6) is 5.75 Å². The maximum absolute atomic E-state index is 12.2. The molecule has 2 aromatic rings. The molecule has 16 heteroatoms. The summed E-state index contributed by atoms with van der Waals surface area (Å²) in [4.78, 5) is -2.63. The summed E-state index contributed by atoms with van der Waals surface area (Å²) < 4.78 is 95.6. The number of hydrogen-bond acceptors (Lipinski definition) is 9. The van der Waals surface area contributed by atoms with E-state index in [2.05, 4.69) is 4.18 Å². The van der Waals surface area contributed by atoms with Crippen LogP contribution in [-0.4, -0.2) is 34.4 Å². The van der Waals surface area contributed by atoms with E-state index in [1.54, 1.807) is 0 Å². The fourth-order valence-electron chi connectivity index (χ4n) is 1.73. The number of rotatable bonds is 5. The van der Waals surface area contributed by atoms with E-state index in [4.69, 9.17) is 23.2 Å². The molecule has 0 atom stereocenters. The van der Waals surface area contributed by atoms with E-state index < -0.39 is 60.8 Å². The summed E-state index contributed by atoms with van der Waals surface area (Å²) in [6, 6.07) is 4.69. The Morgan fingerprint density at radius 2 is 1.14 bits per heavy atom. The molecule has 142 valence electrons. The van der Waals surface area contributed by atoms with Crippen LogP contribution in [0, 0.1) is 0 Å². The normalized spacial score (nSPS) is 11.9. The molecule has 2 aromatic carbocycles. The van der Waals surface area contributed by atoms with Gasteiger partial charge in [0, 0.05) is 6.07 Å². The maximum atomic E-state index is 12.2. The van der Waals surface area contributed by atoms with Gasteiger partial charge < -0.3 is 13.3 Å². The Kier molecular flexibility index (Phi) is 10.5. The molecule has 0 saturated carbocycles. The van der Waals surface area contributed by atoms with Gasteiger partial charge in [0.05, 0.1) is 19.8 Å². The van der Waals surface area contributed by atoms with Crippen molar-refractivity contribution in [3.05, 3.63) is 46.4 Å². The van der Waals surface area contributed by atoms with Crippen molar-refractivity contribution in [1.82, 2.24) is 0 Å². The van der Waals surface area contributed by atoms with Crippen molar-refractivity contribution in [2.75, 3.05) is 0 Å². The van der Waals surface area contributed by atoms with E-state index in [9.17, 15) is 34.4 Å². The molecule has 0 aliphatic heterocycles. The Morgan fingerprint density at radius 1 is 0.714 bits per heavy atom. The van der Waals surface area contributed by atoms with Gasteiger partial charge >= 0.3 is 69.2 Å². The first kappa shape index (κ1) is 28.6. The molecular formula is C12H6Cl2Na2O9S3. The van der Waals surface area contributed by atoms with Crippen LogP contribution in [0.3, 0.4) is 0 Å². The van der Waals surface area contributed by atoms with E-state index in [-0.39, 0.29) is 59.1 Å². The van der Waals surface area contributed by atoms with Crippen LogP contribution >= 0.6 is 23.2 Å². The molecule has 0 bridgehead atoms. The van der Waals surface area contributed by atoms with Crippen LogP contribution in [0.1, 0.15) is 0 Å². The van der Waals surface area contributed by atoms with Crippen LogP contribution < -0.4 is 63.3 Å². The van der Waals surface area contributed by atoms with Gasteiger partial charge in [-0.3, -0.25) is 0 Å². The van der Waals surface area contributed by atoms with E-state index in [1.165, 1.54) is 0 Å². The van der Waals surface area contributed by atoms with Gasteiger partial charge in [-0.1, -0.05) is 23.2 Å². The first-order valence-electron chi connectivity index (χ1n) is 6.17. The van der Waals surface area contributed by atoms with Gasteiger partial charge in [0.1, 0.15) is 30.9 Å². The van der Waals surface area contributed by atoms with Crippen molar-refractivity contribution in [1.29, 1.82) is 0 Å². The number of hydrogen-bond donors (Lipinski definition) is 0. The average Bonchev–Trinajstić information content (AvgIpc) is 2.47. The summed E-state index contributed by atoms with van der Waals surface area (Å²) in [6.07, 6.45) is 0. The van der Waals surface area contributed by atoms with Gasteiger partial charge in [0.25, 0.3) is 0 Å². The molecule has 0 unspecified atom stereocenters. The quantitative estimate of drug-likeness (QED) is 0.221. The Labute approximate surface area is 215 Å². The molecule has 0 radical (unpaired) electrons. The van der Waals surface area contributed by atoms with E-state index >= 15 is 0 Å². The van der Waals surface area contributed by atoms with E-state index in [1.807, 2.05) is 0 Å². The molecule has 0 N–H and O–H groups in total. The molecule has 28 heavy (non-hydrogen) atoms. The zero-order chi connectivity index (χ0) is 19.9. The summed E-state index contributed by atoms with van der Waals surface area (Å²) in [7, 11) is -14.8. The molecule has 0 aromatic heterocycles. The number of halogens is 2. The second kappa shape index (κ2) is 10.3. The van der Waals surface area contributed by atoms with Crippen molar-refractivity contribution in [3.63, 3.8) is 0 Å². The second-order valence-electron chi connectivity index (χ2n) is 4.63. The monoisotopic (exact) mass is 506 g/mol. The summed E-state index contributed by atoms with van der Waals surface area (Å²) in [5.74, 6) is -0.578. The fraction of sp³-hybridized carbons (Fsp3) is 0. The molecule has 0 heterocycles. The Bertz CT molecular complexity index is 1200. The smallest absolute Gasteiger partial charge is 0.744 e. The van der Waals surface area contributed by atoms with E-state index in [0.29, 0.717) is 12.1 Å². The molecule has 0 saturated heterocycles. The predicted octanol–water partition coefficient (Wildman–Crippen LogP) is -4.42. The Morgan fingerprint density at radius 3 is 1.61 bits per heavy atom. The SMILES string of the molecule is O=S(=O)([O-])c1cc(OS(=O)(=O)c2ccc(Cl)c(S(=O)(=O)[O-])c2)ccc1Cl.[Na+].[Na+]. The van der Waals surface area contributed by atoms with Crippen molar-refractivity contribution in [2.24, 2.45) is 0 Å². The van der Waals surface area contributed by atoms with Gasteiger partial charge in [0.2, 0.25) is 0 Å². The fourth-order valence-corrected chi connectivity index (χ4v) is 4.71. The van der Waals surface area contributed by atoms with Gasteiger partial charge in [-0.2, -0.15) is 8.42 Å². The minimum atomic E-state index is -5.06. The van der Waals surface area contributed by atoms with Crippen LogP contribution in [0.4, 0.5) is 0 Å².